The molecule has 1 N–H and O–H groups in total. The van der Waals surface area contributed by atoms with Gasteiger partial charge in [0.2, 0.25) is 0 Å². The number of amides is 2. The third kappa shape index (κ3) is 5.18. The van der Waals surface area contributed by atoms with Gasteiger partial charge in [-0.05, 0) is 85.8 Å². The van der Waals surface area contributed by atoms with Gasteiger partial charge in [-0.2, -0.15) is 0 Å². The quantitative estimate of drug-likeness (QED) is 0.332. The van der Waals surface area contributed by atoms with Crippen LogP contribution in [0.1, 0.15) is 55.6 Å². The number of nitrogens with zero attached hydrogens (tertiary/aromatic N) is 3. The lowest BCUT2D eigenvalue weighted by atomic mass is 9.90. The van der Waals surface area contributed by atoms with E-state index in [0.717, 1.165) is 48.6 Å². The number of carbonyl (C=O) groups is 2. The third-order valence-corrected chi connectivity index (χ3v) is 8.71. The number of halogens is 1. The number of hydrogen-bond acceptors (Lipinski definition) is 3. The van der Waals surface area contributed by atoms with Crippen molar-refractivity contribution in [2.45, 2.75) is 45.8 Å². The van der Waals surface area contributed by atoms with Crippen molar-refractivity contribution < 1.29 is 9.59 Å². The summed E-state index contributed by atoms with van der Waals surface area (Å²) in [7, 11) is 3.79. The molecule has 0 aliphatic carbocycles. The molecule has 0 radical (unpaired) electrons. The molecule has 7 heteroatoms. The average Bonchev–Trinajstić information content (AvgIpc) is 3.28. The molecule has 6 nitrogen and oxygen atoms in total. The summed E-state index contributed by atoms with van der Waals surface area (Å²) in [6, 6.07) is 24.4. The van der Waals surface area contributed by atoms with Gasteiger partial charge in [0.25, 0.3) is 11.8 Å². The number of rotatable bonds is 4. The smallest absolute Gasteiger partial charge is 0.259 e. The van der Waals surface area contributed by atoms with Crippen molar-refractivity contribution in [3.63, 3.8) is 0 Å². The van der Waals surface area contributed by atoms with E-state index in [9.17, 15) is 9.59 Å². The van der Waals surface area contributed by atoms with Gasteiger partial charge in [-0.15, -0.1) is 12.4 Å². The van der Waals surface area contributed by atoms with E-state index in [0.29, 0.717) is 17.7 Å². The van der Waals surface area contributed by atoms with Crippen LogP contribution in [0.3, 0.4) is 0 Å². The van der Waals surface area contributed by atoms with Crippen LogP contribution in [0.25, 0.3) is 11.3 Å². The summed E-state index contributed by atoms with van der Waals surface area (Å²) >= 11 is 0. The summed E-state index contributed by atoms with van der Waals surface area (Å²) in [4.78, 5) is 31.7. The molecule has 2 aliphatic rings. The van der Waals surface area contributed by atoms with Crippen molar-refractivity contribution in [1.29, 1.82) is 0 Å². The van der Waals surface area contributed by atoms with Crippen molar-refractivity contribution in [3.05, 3.63) is 112 Å². The van der Waals surface area contributed by atoms with Crippen LogP contribution >= 0.6 is 12.4 Å². The molecule has 1 aromatic heterocycles. The van der Waals surface area contributed by atoms with Crippen LogP contribution in [-0.4, -0.2) is 40.9 Å². The van der Waals surface area contributed by atoms with Crippen LogP contribution in [0.5, 0.6) is 0 Å². The second-order valence-corrected chi connectivity index (χ2v) is 11.1. The number of aromatic nitrogens is 1. The molecule has 3 heterocycles. The van der Waals surface area contributed by atoms with Gasteiger partial charge in [0.15, 0.2) is 0 Å². The molecule has 1 atom stereocenters. The molecule has 0 unspecified atom stereocenters. The van der Waals surface area contributed by atoms with Gasteiger partial charge in [-0.25, -0.2) is 0 Å². The Bertz CT molecular complexity index is 1610. The predicted molar refractivity (Wildman–Crippen MR) is 167 cm³/mol. The van der Waals surface area contributed by atoms with Crippen LogP contribution < -0.4 is 10.2 Å². The minimum atomic E-state index is -0.0677. The summed E-state index contributed by atoms with van der Waals surface area (Å²) in [5.41, 5.74) is 9.80. The summed E-state index contributed by atoms with van der Waals surface area (Å²) in [6.07, 6.45) is 1.76. The Morgan fingerprint density at radius 2 is 1.61 bits per heavy atom. The van der Waals surface area contributed by atoms with Gasteiger partial charge in [-0.1, -0.05) is 42.5 Å². The van der Waals surface area contributed by atoms with E-state index in [4.69, 9.17) is 0 Å². The number of para-hydroxylation sites is 1. The predicted octanol–water partition coefficient (Wildman–Crippen LogP) is 5.93. The second-order valence-electron chi connectivity index (χ2n) is 11.1. The topological polar surface area (TPSA) is 57.6 Å². The summed E-state index contributed by atoms with van der Waals surface area (Å²) in [6.45, 7) is 6.38. The maximum Gasteiger partial charge on any atom is 0.259 e. The average molecular weight is 569 g/mol. The standard InChI is InChI=1S/C34H36N4O2.ClH/c1-22-16-24-10-8-9-11-26(24)21-38(22)34(40)31-18-27-20-35-15-14-25(27)17-30(31)32-19-29(23(2)36(32)3)33(39)37(4)28-12-6-5-7-13-28;/h5-13,17-19,22,35H,14-16,20-21H2,1-4H3;1H/t22-;/m1./s1. The summed E-state index contributed by atoms with van der Waals surface area (Å²) < 4.78 is 2.06. The van der Waals surface area contributed by atoms with Crippen molar-refractivity contribution in [1.82, 2.24) is 14.8 Å². The molecule has 212 valence electrons. The van der Waals surface area contributed by atoms with E-state index < -0.39 is 0 Å². The highest BCUT2D eigenvalue weighted by molar-refractivity contribution is 6.08. The molecule has 6 rings (SSSR count). The highest BCUT2D eigenvalue weighted by Gasteiger charge is 2.31. The Hall–Kier alpha value is -3.87. The molecular formula is C34H37ClN4O2. The Kier molecular flexibility index (Phi) is 8.07. The molecule has 0 spiro atoms. The first kappa shape index (κ1) is 28.7. The minimum Gasteiger partial charge on any atom is -0.347 e. The Morgan fingerprint density at radius 3 is 2.37 bits per heavy atom. The highest BCUT2D eigenvalue weighted by atomic mass is 35.5. The van der Waals surface area contributed by atoms with Crippen molar-refractivity contribution >= 4 is 29.9 Å². The number of benzene rings is 3. The fourth-order valence-electron chi connectivity index (χ4n) is 6.15. The van der Waals surface area contributed by atoms with Crippen molar-refractivity contribution in [3.8, 4) is 11.3 Å². The van der Waals surface area contributed by atoms with E-state index in [2.05, 4.69) is 47.1 Å². The van der Waals surface area contributed by atoms with Gasteiger partial charge in [-0.3, -0.25) is 9.59 Å². The van der Waals surface area contributed by atoms with E-state index in [1.54, 1.807) is 11.9 Å². The Morgan fingerprint density at radius 1 is 0.902 bits per heavy atom. The lowest BCUT2D eigenvalue weighted by Crippen LogP contribution is -2.43. The SMILES string of the molecule is Cc1c(C(=O)N(C)c2ccccc2)cc(-c2cc3c(cc2C(=O)N2Cc4ccccc4C[C@H]2C)CNCC3)n1C.Cl. The number of fused-ring (bicyclic) bond motifs is 2. The normalized spacial score (nSPS) is 15.9. The van der Waals surface area contributed by atoms with Crippen LogP contribution in [-0.2, 0) is 33.0 Å². The second kappa shape index (κ2) is 11.6. The van der Waals surface area contributed by atoms with E-state index in [1.165, 1.54) is 22.3 Å². The lowest BCUT2D eigenvalue weighted by Gasteiger charge is -2.35. The largest absolute Gasteiger partial charge is 0.347 e. The van der Waals surface area contributed by atoms with Gasteiger partial charge < -0.3 is 19.7 Å². The fourth-order valence-corrected chi connectivity index (χ4v) is 6.15. The minimum absolute atomic E-state index is 0. The highest BCUT2D eigenvalue weighted by Crippen LogP contribution is 2.35. The van der Waals surface area contributed by atoms with Gasteiger partial charge in [0.1, 0.15) is 0 Å². The van der Waals surface area contributed by atoms with Crippen LogP contribution in [0.15, 0.2) is 72.8 Å². The maximum absolute atomic E-state index is 14.4. The van der Waals surface area contributed by atoms with E-state index in [1.807, 2.05) is 61.3 Å². The Balaban J connectivity index is 0.00000337. The zero-order chi connectivity index (χ0) is 28.0. The first-order valence-corrected chi connectivity index (χ1v) is 14.1. The molecule has 0 saturated heterocycles. The third-order valence-electron chi connectivity index (χ3n) is 8.71. The lowest BCUT2D eigenvalue weighted by molar-refractivity contribution is 0.0658. The van der Waals surface area contributed by atoms with Crippen LogP contribution in [0.4, 0.5) is 5.69 Å². The monoisotopic (exact) mass is 568 g/mol. The van der Waals surface area contributed by atoms with Crippen LogP contribution in [0.2, 0.25) is 0 Å². The first-order valence-electron chi connectivity index (χ1n) is 14.1. The number of hydrogen-bond donors (Lipinski definition) is 1. The van der Waals surface area contributed by atoms with Gasteiger partial charge in [0.05, 0.1) is 5.56 Å². The molecular weight excluding hydrogens is 532 g/mol. The molecule has 2 aliphatic heterocycles. The molecule has 0 bridgehead atoms. The van der Waals surface area contributed by atoms with Crippen LogP contribution in [0, 0.1) is 6.92 Å². The van der Waals surface area contributed by atoms with Crippen molar-refractivity contribution in [2.24, 2.45) is 7.05 Å². The van der Waals surface area contributed by atoms with Gasteiger partial charge in [0, 0.05) is 61.4 Å². The summed E-state index contributed by atoms with van der Waals surface area (Å²) in [5, 5.41) is 3.45. The molecule has 0 fully saturated rings. The molecule has 0 saturated carbocycles. The Labute approximate surface area is 248 Å². The van der Waals surface area contributed by atoms with Crippen molar-refractivity contribution in [2.75, 3.05) is 18.5 Å². The fraction of sp³-hybridized carbons (Fsp3) is 0.294. The maximum atomic E-state index is 14.4. The zero-order valence-corrected chi connectivity index (χ0v) is 24.9. The van der Waals surface area contributed by atoms with E-state index in [-0.39, 0.29) is 30.3 Å². The number of nitrogens with one attached hydrogen (secondary N) is 1. The first-order chi connectivity index (χ1) is 19.3. The molecule has 41 heavy (non-hydrogen) atoms. The number of carbonyl (C=O) groups excluding carboxylic acids is 2. The zero-order valence-electron chi connectivity index (χ0n) is 24.1. The summed E-state index contributed by atoms with van der Waals surface area (Å²) in [5.74, 6) is -0.0274. The molecule has 4 aromatic rings. The molecule has 3 aromatic carbocycles. The number of anilines is 1. The van der Waals surface area contributed by atoms with Gasteiger partial charge >= 0.3 is 0 Å². The molecule has 2 amide bonds. The van der Waals surface area contributed by atoms with E-state index >= 15 is 0 Å².